The van der Waals surface area contributed by atoms with Gasteiger partial charge in [-0.25, -0.2) is 4.79 Å². The van der Waals surface area contributed by atoms with E-state index in [-0.39, 0.29) is 5.91 Å². The molecule has 2 aromatic rings. The molecule has 5 heteroatoms. The molecule has 5 nitrogen and oxygen atoms in total. The van der Waals surface area contributed by atoms with Gasteiger partial charge in [-0.2, -0.15) is 0 Å². The largest absolute Gasteiger partial charge is 0.476 e. The number of carbonyl (C=O) groups excluding carboxylic acids is 2. The average Bonchev–Trinajstić information content (AvgIpc) is 2.69. The number of hydrogen-bond acceptors (Lipinski definition) is 4. The molecular formula is C24H29NO4. The number of benzene rings is 2. The van der Waals surface area contributed by atoms with E-state index in [9.17, 15) is 9.59 Å². The van der Waals surface area contributed by atoms with Crippen molar-refractivity contribution < 1.29 is 19.1 Å². The van der Waals surface area contributed by atoms with Crippen LogP contribution in [0.25, 0.3) is 6.08 Å². The van der Waals surface area contributed by atoms with Gasteiger partial charge in [0.05, 0.1) is 6.61 Å². The lowest BCUT2D eigenvalue weighted by molar-refractivity contribution is -0.158. The highest BCUT2D eigenvalue weighted by atomic mass is 16.6. The Morgan fingerprint density at radius 3 is 2.31 bits per heavy atom. The lowest BCUT2D eigenvalue weighted by atomic mass is 10.1. The molecule has 0 fully saturated rings. The van der Waals surface area contributed by atoms with Gasteiger partial charge in [0.15, 0.2) is 5.60 Å². The first-order valence-electron chi connectivity index (χ1n) is 9.78. The minimum atomic E-state index is -1.05. The molecule has 0 bridgehead atoms. The van der Waals surface area contributed by atoms with Gasteiger partial charge in [-0.05, 0) is 63.5 Å². The summed E-state index contributed by atoms with van der Waals surface area (Å²) in [6.45, 7) is 8.00. The number of aryl methyl sites for hydroxylation is 1. The van der Waals surface area contributed by atoms with E-state index in [1.807, 2.05) is 55.5 Å². The van der Waals surface area contributed by atoms with Crippen molar-refractivity contribution in [2.24, 2.45) is 0 Å². The lowest BCUT2D eigenvalue weighted by Crippen LogP contribution is -2.39. The predicted molar refractivity (Wildman–Crippen MR) is 115 cm³/mol. The molecule has 0 radical (unpaired) electrons. The van der Waals surface area contributed by atoms with Crippen LogP contribution < -0.4 is 10.1 Å². The Labute approximate surface area is 172 Å². The van der Waals surface area contributed by atoms with Crippen molar-refractivity contribution in [3.05, 3.63) is 71.3 Å². The highest BCUT2D eigenvalue weighted by Crippen LogP contribution is 2.20. The second-order valence-electron chi connectivity index (χ2n) is 7.26. The summed E-state index contributed by atoms with van der Waals surface area (Å²) >= 11 is 0. The van der Waals surface area contributed by atoms with Gasteiger partial charge in [0.2, 0.25) is 5.91 Å². The Morgan fingerprint density at radius 1 is 1.03 bits per heavy atom. The van der Waals surface area contributed by atoms with Crippen LogP contribution in [0.1, 0.15) is 37.5 Å². The standard InChI is InChI=1S/C24H29NO4/c1-5-28-23(27)24(3,4)29-21-13-10-20(11-14-21)16-17-25-22(26)15-12-19-8-6-18(2)7-9-19/h6-15H,5,16-17H2,1-4H3,(H,25,26)/b15-12+. The van der Waals surface area contributed by atoms with E-state index in [2.05, 4.69) is 5.32 Å². The maximum Gasteiger partial charge on any atom is 0.349 e. The maximum absolute atomic E-state index is 11.9. The zero-order valence-electron chi connectivity index (χ0n) is 17.5. The Kier molecular flexibility index (Phi) is 8.01. The van der Waals surface area contributed by atoms with Crippen LogP contribution in [0.4, 0.5) is 0 Å². The molecule has 0 heterocycles. The van der Waals surface area contributed by atoms with Crippen LogP contribution in [-0.4, -0.2) is 30.6 Å². The van der Waals surface area contributed by atoms with Gasteiger partial charge in [0, 0.05) is 12.6 Å². The average molecular weight is 395 g/mol. The first-order chi connectivity index (χ1) is 13.8. The van der Waals surface area contributed by atoms with Gasteiger partial charge < -0.3 is 14.8 Å². The molecule has 0 atom stereocenters. The van der Waals surface area contributed by atoms with E-state index in [0.717, 1.165) is 11.1 Å². The molecule has 0 saturated heterocycles. The molecule has 0 aliphatic heterocycles. The summed E-state index contributed by atoms with van der Waals surface area (Å²) in [7, 11) is 0. The monoisotopic (exact) mass is 395 g/mol. The van der Waals surface area contributed by atoms with Gasteiger partial charge >= 0.3 is 5.97 Å². The molecule has 0 unspecified atom stereocenters. The van der Waals surface area contributed by atoms with Crippen LogP contribution in [0.3, 0.4) is 0 Å². The van der Waals surface area contributed by atoms with E-state index in [0.29, 0.717) is 25.3 Å². The normalized spacial score (nSPS) is 11.3. The summed E-state index contributed by atoms with van der Waals surface area (Å²) in [4.78, 5) is 23.8. The quantitative estimate of drug-likeness (QED) is 0.513. The van der Waals surface area contributed by atoms with Crippen molar-refractivity contribution >= 4 is 18.0 Å². The molecule has 0 saturated carbocycles. The van der Waals surface area contributed by atoms with Crippen molar-refractivity contribution in [3.63, 3.8) is 0 Å². The van der Waals surface area contributed by atoms with Crippen molar-refractivity contribution in [2.45, 2.75) is 39.7 Å². The van der Waals surface area contributed by atoms with Gasteiger partial charge in [0.1, 0.15) is 5.75 Å². The highest BCUT2D eigenvalue weighted by Gasteiger charge is 2.31. The molecule has 0 aliphatic rings. The number of rotatable bonds is 9. The summed E-state index contributed by atoms with van der Waals surface area (Å²) in [6.07, 6.45) is 4.04. The third-order valence-corrected chi connectivity index (χ3v) is 4.28. The molecule has 2 rings (SSSR count). The lowest BCUT2D eigenvalue weighted by Gasteiger charge is -2.24. The topological polar surface area (TPSA) is 64.6 Å². The van der Waals surface area contributed by atoms with Gasteiger partial charge in [0.25, 0.3) is 0 Å². The van der Waals surface area contributed by atoms with Crippen LogP contribution >= 0.6 is 0 Å². The highest BCUT2D eigenvalue weighted by molar-refractivity contribution is 5.91. The van der Waals surface area contributed by atoms with E-state index in [1.165, 1.54) is 5.56 Å². The fraction of sp³-hybridized carbons (Fsp3) is 0.333. The first-order valence-corrected chi connectivity index (χ1v) is 9.78. The van der Waals surface area contributed by atoms with Crippen LogP contribution in [0.5, 0.6) is 5.75 Å². The van der Waals surface area contributed by atoms with E-state index in [1.54, 1.807) is 32.9 Å². The molecule has 154 valence electrons. The number of amides is 1. The predicted octanol–water partition coefficient (Wildman–Crippen LogP) is 4.09. The summed E-state index contributed by atoms with van der Waals surface area (Å²) in [5, 5.41) is 2.88. The van der Waals surface area contributed by atoms with Crippen LogP contribution in [0, 0.1) is 6.92 Å². The second-order valence-corrected chi connectivity index (χ2v) is 7.26. The number of esters is 1. The molecule has 0 spiro atoms. The second kappa shape index (κ2) is 10.5. The molecule has 0 aliphatic carbocycles. The van der Waals surface area contributed by atoms with Crippen molar-refractivity contribution in [1.82, 2.24) is 5.32 Å². The van der Waals surface area contributed by atoms with Crippen LogP contribution in [0.15, 0.2) is 54.6 Å². The number of hydrogen-bond donors (Lipinski definition) is 1. The third-order valence-electron chi connectivity index (χ3n) is 4.28. The minimum Gasteiger partial charge on any atom is -0.476 e. The molecule has 1 N–H and O–H groups in total. The van der Waals surface area contributed by atoms with Gasteiger partial charge in [-0.15, -0.1) is 0 Å². The minimum absolute atomic E-state index is 0.123. The Hall–Kier alpha value is -3.08. The van der Waals surface area contributed by atoms with Gasteiger partial charge in [-0.1, -0.05) is 42.0 Å². The summed E-state index contributed by atoms with van der Waals surface area (Å²) in [5.74, 6) is 0.0732. The molecule has 1 amide bonds. The number of ether oxygens (including phenoxy) is 2. The zero-order chi connectivity index (χ0) is 21.3. The molecular weight excluding hydrogens is 366 g/mol. The van der Waals surface area contributed by atoms with Crippen molar-refractivity contribution in [1.29, 1.82) is 0 Å². The fourth-order valence-corrected chi connectivity index (χ4v) is 2.60. The van der Waals surface area contributed by atoms with Gasteiger partial charge in [-0.3, -0.25) is 4.79 Å². The molecule has 0 aromatic heterocycles. The summed E-state index contributed by atoms with van der Waals surface area (Å²) < 4.78 is 10.8. The third kappa shape index (κ3) is 7.45. The van der Waals surface area contributed by atoms with E-state index < -0.39 is 11.6 Å². The zero-order valence-corrected chi connectivity index (χ0v) is 17.5. The van der Waals surface area contributed by atoms with Crippen molar-refractivity contribution in [3.8, 4) is 5.75 Å². The van der Waals surface area contributed by atoms with Crippen LogP contribution in [0.2, 0.25) is 0 Å². The summed E-state index contributed by atoms with van der Waals surface area (Å²) in [6, 6.07) is 15.5. The maximum atomic E-state index is 11.9. The Bertz CT molecular complexity index is 836. The van der Waals surface area contributed by atoms with Crippen molar-refractivity contribution in [2.75, 3.05) is 13.2 Å². The smallest absolute Gasteiger partial charge is 0.349 e. The SMILES string of the molecule is CCOC(=O)C(C)(C)Oc1ccc(CCNC(=O)/C=C/c2ccc(C)cc2)cc1. The van der Waals surface area contributed by atoms with E-state index in [4.69, 9.17) is 9.47 Å². The van der Waals surface area contributed by atoms with E-state index >= 15 is 0 Å². The Balaban J connectivity index is 1.79. The molecule has 2 aromatic carbocycles. The first kappa shape index (κ1) is 22.2. The number of carbonyl (C=O) groups is 2. The Morgan fingerprint density at radius 2 is 1.69 bits per heavy atom. The summed E-state index contributed by atoms with van der Waals surface area (Å²) in [5.41, 5.74) is 2.20. The number of nitrogens with one attached hydrogen (secondary N) is 1. The van der Waals surface area contributed by atoms with Crippen LogP contribution in [-0.2, 0) is 20.7 Å². The fourth-order valence-electron chi connectivity index (χ4n) is 2.60. The molecule has 29 heavy (non-hydrogen) atoms.